The molecule has 0 spiro atoms. The average molecular weight is 253 g/mol. The van der Waals surface area contributed by atoms with Gasteiger partial charge < -0.3 is 9.15 Å². The Balaban J connectivity index is 3.04. The number of hydrogen-bond acceptors (Lipinski definition) is 6. The van der Waals surface area contributed by atoms with Crippen LogP contribution in [0.25, 0.3) is 6.08 Å². The van der Waals surface area contributed by atoms with Gasteiger partial charge in [-0.2, -0.15) is 0 Å². The van der Waals surface area contributed by atoms with E-state index < -0.39 is 22.6 Å². The van der Waals surface area contributed by atoms with Crippen molar-refractivity contribution in [2.75, 3.05) is 6.61 Å². The number of ketones is 1. The summed E-state index contributed by atoms with van der Waals surface area (Å²) in [4.78, 5) is 32.4. The van der Waals surface area contributed by atoms with Crippen LogP contribution in [0.4, 0.5) is 5.88 Å². The van der Waals surface area contributed by atoms with Crippen LogP contribution in [0, 0.1) is 10.1 Å². The Kier molecular flexibility index (Phi) is 4.36. The number of Topliss-reactive ketones (excluding diaryl/α,β-unsaturated/α-hetero) is 1. The molecule has 1 heterocycles. The molecule has 1 aromatic heterocycles. The molecule has 0 amide bonds. The summed E-state index contributed by atoms with van der Waals surface area (Å²) < 4.78 is 9.51. The molecule has 18 heavy (non-hydrogen) atoms. The first-order valence-electron chi connectivity index (χ1n) is 5.09. The maximum atomic E-state index is 11.4. The van der Waals surface area contributed by atoms with Crippen molar-refractivity contribution in [1.82, 2.24) is 0 Å². The Hall–Kier alpha value is -2.44. The van der Waals surface area contributed by atoms with Gasteiger partial charge in [0.2, 0.25) is 0 Å². The fourth-order valence-corrected chi connectivity index (χ4v) is 1.17. The van der Waals surface area contributed by atoms with Gasteiger partial charge in [0, 0.05) is 0 Å². The monoisotopic (exact) mass is 253 g/mol. The summed E-state index contributed by atoms with van der Waals surface area (Å²) in [6.07, 6.45) is 1.12. The zero-order chi connectivity index (χ0) is 13.7. The van der Waals surface area contributed by atoms with Gasteiger partial charge in [-0.05, 0) is 26.0 Å². The van der Waals surface area contributed by atoms with Gasteiger partial charge in [0.05, 0.1) is 12.7 Å². The summed E-state index contributed by atoms with van der Waals surface area (Å²) in [7, 11) is 0. The lowest BCUT2D eigenvalue weighted by Gasteiger charge is -2.02. The number of carbonyl (C=O) groups excluding carboxylic acids is 2. The second-order valence-corrected chi connectivity index (χ2v) is 3.27. The number of nitro groups is 1. The molecule has 1 rings (SSSR count). The van der Waals surface area contributed by atoms with Gasteiger partial charge in [-0.15, -0.1) is 0 Å². The molecule has 0 aliphatic heterocycles. The molecule has 0 bridgehead atoms. The second-order valence-electron chi connectivity index (χ2n) is 3.27. The molecule has 0 saturated heterocycles. The van der Waals surface area contributed by atoms with Gasteiger partial charge in [0.25, 0.3) is 0 Å². The average Bonchev–Trinajstić information content (AvgIpc) is 2.74. The van der Waals surface area contributed by atoms with E-state index >= 15 is 0 Å². The van der Waals surface area contributed by atoms with Crippen molar-refractivity contribution in [2.45, 2.75) is 13.8 Å². The standard InChI is InChI=1S/C11H11NO6/c1-3-17-11(14)9(7(2)13)6-8-4-5-10(18-8)12(15)16/h4-6H,3H2,1-2H3. The first-order valence-corrected chi connectivity index (χ1v) is 5.09. The highest BCUT2D eigenvalue weighted by molar-refractivity contribution is 6.19. The highest BCUT2D eigenvalue weighted by Gasteiger charge is 2.18. The Labute approximate surface area is 102 Å². The van der Waals surface area contributed by atoms with E-state index in [4.69, 9.17) is 4.42 Å². The van der Waals surface area contributed by atoms with Crippen LogP contribution in [0.1, 0.15) is 19.6 Å². The van der Waals surface area contributed by atoms with Gasteiger partial charge in [0.15, 0.2) is 5.78 Å². The predicted octanol–water partition coefficient (Wildman–Crippen LogP) is 1.72. The molecule has 7 nitrogen and oxygen atoms in total. The van der Waals surface area contributed by atoms with Gasteiger partial charge in [-0.1, -0.05) is 0 Å². The van der Waals surface area contributed by atoms with E-state index in [9.17, 15) is 19.7 Å². The molecular weight excluding hydrogens is 242 g/mol. The second kappa shape index (κ2) is 5.76. The minimum atomic E-state index is -0.788. The third kappa shape index (κ3) is 3.27. The van der Waals surface area contributed by atoms with Crippen LogP contribution < -0.4 is 0 Å². The highest BCUT2D eigenvalue weighted by Crippen LogP contribution is 2.18. The van der Waals surface area contributed by atoms with Crippen LogP contribution in [0.2, 0.25) is 0 Å². The lowest BCUT2D eigenvalue weighted by atomic mass is 10.1. The summed E-state index contributed by atoms with van der Waals surface area (Å²) in [5.41, 5.74) is -0.221. The van der Waals surface area contributed by atoms with Crippen molar-refractivity contribution < 1.29 is 23.7 Å². The number of carbonyl (C=O) groups is 2. The third-order valence-electron chi connectivity index (χ3n) is 1.95. The van der Waals surface area contributed by atoms with Crippen molar-refractivity contribution in [3.8, 4) is 0 Å². The number of hydrogen-bond donors (Lipinski definition) is 0. The van der Waals surface area contributed by atoms with E-state index in [0.717, 1.165) is 12.1 Å². The molecule has 1 aromatic rings. The minimum Gasteiger partial charge on any atom is -0.462 e. The van der Waals surface area contributed by atoms with Crippen molar-refractivity contribution in [1.29, 1.82) is 0 Å². The third-order valence-corrected chi connectivity index (χ3v) is 1.95. The molecule has 0 aliphatic rings. The van der Waals surface area contributed by atoms with E-state index in [1.165, 1.54) is 13.0 Å². The fourth-order valence-electron chi connectivity index (χ4n) is 1.17. The predicted molar refractivity (Wildman–Crippen MR) is 60.7 cm³/mol. The first kappa shape index (κ1) is 13.6. The number of rotatable bonds is 5. The van der Waals surface area contributed by atoms with Gasteiger partial charge in [0.1, 0.15) is 16.3 Å². The number of nitrogens with zero attached hydrogens (tertiary/aromatic N) is 1. The maximum absolute atomic E-state index is 11.4. The number of esters is 1. The van der Waals surface area contributed by atoms with Crippen LogP contribution in [-0.2, 0) is 14.3 Å². The van der Waals surface area contributed by atoms with E-state index in [0.29, 0.717) is 0 Å². The lowest BCUT2D eigenvalue weighted by molar-refractivity contribution is -0.402. The van der Waals surface area contributed by atoms with Gasteiger partial charge >= 0.3 is 11.9 Å². The number of furan rings is 1. The summed E-state index contributed by atoms with van der Waals surface area (Å²) in [6.45, 7) is 2.93. The summed E-state index contributed by atoms with van der Waals surface area (Å²) in [5.74, 6) is -1.72. The van der Waals surface area contributed by atoms with E-state index in [1.807, 2.05) is 0 Å². The Morgan fingerprint density at radius 2 is 2.17 bits per heavy atom. The van der Waals surface area contributed by atoms with Crippen LogP contribution in [0.5, 0.6) is 0 Å². The maximum Gasteiger partial charge on any atom is 0.433 e. The smallest absolute Gasteiger partial charge is 0.433 e. The first-order chi connectivity index (χ1) is 8.45. The van der Waals surface area contributed by atoms with Crippen molar-refractivity contribution >= 4 is 23.7 Å². The minimum absolute atomic E-state index is 0.0416. The summed E-state index contributed by atoms with van der Waals surface area (Å²) in [6, 6.07) is 2.43. The van der Waals surface area contributed by atoms with Gasteiger partial charge in [-0.25, -0.2) is 4.79 Å². The molecule has 0 aliphatic carbocycles. The Bertz CT molecular complexity index is 513. The molecule has 0 N–H and O–H groups in total. The van der Waals surface area contributed by atoms with Crippen molar-refractivity contribution in [3.63, 3.8) is 0 Å². The van der Waals surface area contributed by atoms with Crippen molar-refractivity contribution in [2.24, 2.45) is 0 Å². The van der Waals surface area contributed by atoms with Crippen LogP contribution in [0.15, 0.2) is 22.1 Å². The molecule has 0 radical (unpaired) electrons. The molecule has 0 saturated carbocycles. The zero-order valence-electron chi connectivity index (χ0n) is 9.84. The fraction of sp³-hybridized carbons (Fsp3) is 0.273. The normalized spacial score (nSPS) is 11.1. The summed E-state index contributed by atoms with van der Waals surface area (Å²) >= 11 is 0. The van der Waals surface area contributed by atoms with Crippen LogP contribution >= 0.6 is 0 Å². The largest absolute Gasteiger partial charge is 0.462 e. The molecule has 0 atom stereocenters. The van der Waals surface area contributed by atoms with E-state index in [-0.39, 0.29) is 17.9 Å². The number of ether oxygens (including phenoxy) is 1. The van der Waals surface area contributed by atoms with Gasteiger partial charge in [-0.3, -0.25) is 14.9 Å². The van der Waals surface area contributed by atoms with Crippen molar-refractivity contribution in [3.05, 3.63) is 33.6 Å². The van der Waals surface area contributed by atoms with E-state index in [1.54, 1.807) is 6.92 Å². The molecule has 0 unspecified atom stereocenters. The SMILES string of the molecule is CCOC(=O)C(=Cc1ccc([N+](=O)[O-])o1)C(C)=O. The Morgan fingerprint density at radius 1 is 1.50 bits per heavy atom. The lowest BCUT2D eigenvalue weighted by Crippen LogP contribution is -2.13. The molecule has 96 valence electrons. The highest BCUT2D eigenvalue weighted by atomic mass is 16.6. The molecular formula is C11H11NO6. The Morgan fingerprint density at radius 3 is 2.61 bits per heavy atom. The zero-order valence-corrected chi connectivity index (χ0v) is 9.84. The summed E-state index contributed by atoms with van der Waals surface area (Å²) in [5, 5.41) is 10.4. The van der Waals surface area contributed by atoms with Crippen LogP contribution in [0.3, 0.4) is 0 Å². The van der Waals surface area contributed by atoms with Crippen LogP contribution in [-0.4, -0.2) is 23.3 Å². The molecule has 0 fully saturated rings. The quantitative estimate of drug-likeness (QED) is 0.198. The molecule has 7 heteroatoms. The molecule has 0 aromatic carbocycles. The topological polar surface area (TPSA) is 99.7 Å². The van der Waals surface area contributed by atoms with E-state index in [2.05, 4.69) is 4.74 Å².